The maximum atomic E-state index is 12.1. The number of carbonyl (C=O) groups excluding carboxylic acids is 1. The highest BCUT2D eigenvalue weighted by Gasteiger charge is 2.44. The Morgan fingerprint density at radius 1 is 1.39 bits per heavy atom. The molecule has 1 aromatic rings. The van der Waals surface area contributed by atoms with Gasteiger partial charge in [-0.2, -0.15) is 10.5 Å². The van der Waals surface area contributed by atoms with Gasteiger partial charge in [-0.25, -0.2) is 0 Å². The summed E-state index contributed by atoms with van der Waals surface area (Å²) in [7, 11) is 0. The van der Waals surface area contributed by atoms with Gasteiger partial charge in [0.1, 0.15) is 11.5 Å². The van der Waals surface area contributed by atoms with E-state index in [-0.39, 0.29) is 5.91 Å². The van der Waals surface area contributed by atoms with E-state index >= 15 is 0 Å². The monoisotopic (exact) mass is 303 g/mol. The van der Waals surface area contributed by atoms with E-state index in [1.54, 1.807) is 18.2 Å². The zero-order chi connectivity index (χ0) is 13.2. The van der Waals surface area contributed by atoms with Gasteiger partial charge in [0.05, 0.1) is 17.3 Å². The van der Waals surface area contributed by atoms with Crippen molar-refractivity contribution in [3.05, 3.63) is 28.2 Å². The average Bonchev–Trinajstić information content (AvgIpc) is 2.28. The average molecular weight is 304 g/mol. The first-order chi connectivity index (χ1) is 8.61. The molecular weight excluding hydrogens is 294 g/mol. The number of carbonyl (C=O) groups is 1. The number of hydrogen-bond acceptors (Lipinski definition) is 3. The second-order valence-corrected chi connectivity index (χ2v) is 5.22. The Labute approximate surface area is 113 Å². The van der Waals surface area contributed by atoms with E-state index in [1.165, 1.54) is 0 Å². The molecule has 90 valence electrons. The molecular formula is C13H10BrN3O. The highest BCUT2D eigenvalue weighted by molar-refractivity contribution is 9.10. The number of rotatable bonds is 2. The number of anilines is 1. The Kier molecular flexibility index (Phi) is 3.36. The van der Waals surface area contributed by atoms with Crippen LogP contribution in [0.1, 0.15) is 24.8 Å². The van der Waals surface area contributed by atoms with Gasteiger partial charge < -0.3 is 5.32 Å². The Balaban J connectivity index is 2.25. The quantitative estimate of drug-likeness (QED) is 0.912. The number of hydrogen-bond donors (Lipinski definition) is 1. The summed E-state index contributed by atoms with van der Waals surface area (Å²) < 4.78 is 0.774. The van der Waals surface area contributed by atoms with Crippen molar-refractivity contribution in [2.24, 2.45) is 5.41 Å². The van der Waals surface area contributed by atoms with Crippen molar-refractivity contribution in [1.82, 2.24) is 0 Å². The molecule has 0 saturated heterocycles. The van der Waals surface area contributed by atoms with Gasteiger partial charge in [0, 0.05) is 4.47 Å². The number of nitrogens with zero attached hydrogens (tertiary/aromatic N) is 2. The Bertz CT molecular complexity index is 579. The number of benzene rings is 1. The van der Waals surface area contributed by atoms with E-state index in [0.717, 1.165) is 10.9 Å². The zero-order valence-electron chi connectivity index (χ0n) is 9.53. The predicted octanol–water partition coefficient (Wildman–Crippen LogP) is 2.95. The van der Waals surface area contributed by atoms with Crippen LogP contribution >= 0.6 is 15.9 Å². The first-order valence-electron chi connectivity index (χ1n) is 5.54. The summed E-state index contributed by atoms with van der Waals surface area (Å²) in [5.41, 5.74) is -0.0768. The molecule has 5 heteroatoms. The van der Waals surface area contributed by atoms with Gasteiger partial charge in [-0.15, -0.1) is 0 Å². The zero-order valence-corrected chi connectivity index (χ0v) is 11.1. The summed E-state index contributed by atoms with van der Waals surface area (Å²) in [6.07, 6.45) is 2.07. The molecule has 0 bridgehead atoms. The van der Waals surface area contributed by atoms with Crippen LogP contribution in [0.2, 0.25) is 0 Å². The van der Waals surface area contributed by atoms with E-state index in [4.69, 9.17) is 10.5 Å². The SMILES string of the molecule is N#Cc1ccc(Br)cc1NC(=O)C1(C#N)CCC1. The van der Waals surface area contributed by atoms with Crippen LogP contribution in [-0.2, 0) is 4.79 Å². The lowest BCUT2D eigenvalue weighted by Gasteiger charge is -2.33. The van der Waals surface area contributed by atoms with Crippen LogP contribution < -0.4 is 5.32 Å². The van der Waals surface area contributed by atoms with Crippen molar-refractivity contribution in [3.63, 3.8) is 0 Å². The normalized spacial score (nSPS) is 15.9. The lowest BCUT2D eigenvalue weighted by Crippen LogP contribution is -2.40. The van der Waals surface area contributed by atoms with Crippen molar-refractivity contribution in [2.45, 2.75) is 19.3 Å². The molecule has 0 radical (unpaired) electrons. The molecule has 18 heavy (non-hydrogen) atoms. The molecule has 1 amide bonds. The van der Waals surface area contributed by atoms with Crippen LogP contribution in [0, 0.1) is 28.1 Å². The van der Waals surface area contributed by atoms with E-state index in [1.807, 2.05) is 6.07 Å². The molecule has 0 aliphatic heterocycles. The number of nitrogens with one attached hydrogen (secondary N) is 1. The van der Waals surface area contributed by atoms with Gasteiger partial charge in [-0.05, 0) is 37.5 Å². The van der Waals surface area contributed by atoms with Gasteiger partial charge in [-0.3, -0.25) is 4.79 Å². The fourth-order valence-electron chi connectivity index (χ4n) is 1.88. The van der Waals surface area contributed by atoms with Crippen molar-refractivity contribution in [3.8, 4) is 12.1 Å². The molecule has 1 aliphatic carbocycles. The third-order valence-corrected chi connectivity index (χ3v) is 3.70. The van der Waals surface area contributed by atoms with Crippen molar-refractivity contribution in [1.29, 1.82) is 10.5 Å². The topological polar surface area (TPSA) is 76.7 Å². The smallest absolute Gasteiger partial charge is 0.244 e. The maximum absolute atomic E-state index is 12.1. The molecule has 0 aromatic heterocycles. The van der Waals surface area contributed by atoms with Gasteiger partial charge >= 0.3 is 0 Å². The first kappa shape index (κ1) is 12.6. The van der Waals surface area contributed by atoms with Crippen LogP contribution in [-0.4, -0.2) is 5.91 Å². The van der Waals surface area contributed by atoms with Gasteiger partial charge in [0.2, 0.25) is 5.91 Å². The van der Waals surface area contributed by atoms with Crippen molar-refractivity contribution < 1.29 is 4.79 Å². The number of amides is 1. The summed E-state index contributed by atoms with van der Waals surface area (Å²) in [4.78, 5) is 12.1. The Morgan fingerprint density at radius 2 is 2.11 bits per heavy atom. The van der Waals surface area contributed by atoms with Gasteiger partial charge in [-0.1, -0.05) is 15.9 Å². The molecule has 2 rings (SSSR count). The molecule has 1 N–H and O–H groups in total. The third-order valence-electron chi connectivity index (χ3n) is 3.21. The third kappa shape index (κ3) is 2.10. The minimum atomic E-state index is -0.908. The molecule has 0 spiro atoms. The van der Waals surface area contributed by atoms with Crippen LogP contribution in [0.3, 0.4) is 0 Å². The fourth-order valence-corrected chi connectivity index (χ4v) is 2.24. The highest BCUT2D eigenvalue weighted by atomic mass is 79.9. The van der Waals surface area contributed by atoms with E-state index in [0.29, 0.717) is 24.1 Å². The first-order valence-corrected chi connectivity index (χ1v) is 6.33. The van der Waals surface area contributed by atoms with Crippen molar-refractivity contribution in [2.75, 3.05) is 5.32 Å². The van der Waals surface area contributed by atoms with Gasteiger partial charge in [0.15, 0.2) is 0 Å². The summed E-state index contributed by atoms with van der Waals surface area (Å²) in [6, 6.07) is 9.12. The molecule has 0 unspecified atom stereocenters. The fraction of sp³-hybridized carbons (Fsp3) is 0.308. The van der Waals surface area contributed by atoms with Crippen LogP contribution in [0.25, 0.3) is 0 Å². The van der Waals surface area contributed by atoms with Crippen molar-refractivity contribution >= 4 is 27.5 Å². The number of halogens is 1. The molecule has 1 aliphatic rings. The minimum Gasteiger partial charge on any atom is -0.323 e. The maximum Gasteiger partial charge on any atom is 0.244 e. The van der Waals surface area contributed by atoms with Crippen LogP contribution in [0.4, 0.5) is 5.69 Å². The lowest BCUT2D eigenvalue weighted by molar-refractivity contribution is -0.126. The highest BCUT2D eigenvalue weighted by Crippen LogP contribution is 2.41. The van der Waals surface area contributed by atoms with E-state index in [9.17, 15) is 4.79 Å². The van der Waals surface area contributed by atoms with Crippen LogP contribution in [0.5, 0.6) is 0 Å². The molecule has 0 atom stereocenters. The van der Waals surface area contributed by atoms with E-state index in [2.05, 4.69) is 27.3 Å². The Morgan fingerprint density at radius 3 is 2.61 bits per heavy atom. The minimum absolute atomic E-state index is 0.314. The molecule has 1 fully saturated rings. The second kappa shape index (κ2) is 4.80. The Hall–Kier alpha value is -1.85. The molecule has 0 heterocycles. The summed E-state index contributed by atoms with van der Waals surface area (Å²) >= 11 is 3.29. The summed E-state index contributed by atoms with van der Waals surface area (Å²) in [5.74, 6) is -0.314. The van der Waals surface area contributed by atoms with Crippen LogP contribution in [0.15, 0.2) is 22.7 Å². The second-order valence-electron chi connectivity index (χ2n) is 4.30. The largest absolute Gasteiger partial charge is 0.323 e. The number of nitriles is 2. The molecule has 4 nitrogen and oxygen atoms in total. The summed E-state index contributed by atoms with van der Waals surface area (Å²) in [6.45, 7) is 0. The lowest BCUT2D eigenvalue weighted by atomic mass is 9.69. The molecule has 1 aromatic carbocycles. The standard InChI is InChI=1S/C13H10BrN3O/c14-10-3-2-9(7-15)11(6-10)17-12(18)13(8-16)4-1-5-13/h2-3,6H,1,4-5H2,(H,17,18). The summed E-state index contributed by atoms with van der Waals surface area (Å²) in [5, 5.41) is 20.7. The predicted molar refractivity (Wildman–Crippen MR) is 69.4 cm³/mol. The van der Waals surface area contributed by atoms with E-state index < -0.39 is 5.41 Å². The van der Waals surface area contributed by atoms with Gasteiger partial charge in [0.25, 0.3) is 0 Å². The molecule has 1 saturated carbocycles.